The van der Waals surface area contributed by atoms with E-state index in [2.05, 4.69) is 29.0 Å². The van der Waals surface area contributed by atoms with Crippen LogP contribution in [0.1, 0.15) is 80.7 Å². The first-order valence-corrected chi connectivity index (χ1v) is 14.2. The van der Waals surface area contributed by atoms with Crippen LogP contribution in [0.5, 0.6) is 0 Å². The second-order valence-electron chi connectivity index (χ2n) is 12.7. The maximum Gasteiger partial charge on any atom is 0.339 e. The van der Waals surface area contributed by atoms with Crippen molar-refractivity contribution in [3.8, 4) is 0 Å². The molecular weight excluding hydrogens is 539 g/mol. The number of nitrogens with one attached hydrogen (secondary N) is 1. The molecule has 1 N–H and O–H groups in total. The highest BCUT2D eigenvalue weighted by Gasteiger charge is 2.36. The largest absolute Gasteiger partial charge is 0.467 e. The Morgan fingerprint density at radius 3 is 2.36 bits per heavy atom. The highest BCUT2D eigenvalue weighted by molar-refractivity contribution is 5.96. The number of methoxy groups -OCH3 is 1. The number of ether oxygens (including phenoxy) is 2. The third-order valence-corrected chi connectivity index (χ3v) is 7.53. The van der Waals surface area contributed by atoms with Gasteiger partial charge in [0.1, 0.15) is 23.0 Å². The van der Waals surface area contributed by atoms with E-state index in [0.717, 1.165) is 37.3 Å². The summed E-state index contributed by atoms with van der Waals surface area (Å²) < 4.78 is 26.5. The van der Waals surface area contributed by atoms with E-state index in [1.54, 1.807) is 18.3 Å². The molecule has 1 atom stereocenters. The zero-order chi connectivity index (χ0) is 30.8. The SMILES string of the molecule is COC(=O)C(OC(C)(C)C)c1c(C)cc2nc(C(=O)NCC(=O)Cc3ccc(F)cc3)cn2c1N1CCC(C)(C)CC1. The van der Waals surface area contributed by atoms with Gasteiger partial charge in [-0.2, -0.15) is 0 Å². The number of hydrogen-bond acceptors (Lipinski definition) is 7. The van der Waals surface area contributed by atoms with Crippen LogP contribution in [0.2, 0.25) is 0 Å². The number of fused-ring (bicyclic) bond motifs is 1. The number of nitrogens with zero attached hydrogens (tertiary/aromatic N) is 3. The number of ketones is 1. The van der Waals surface area contributed by atoms with Crippen molar-refractivity contribution in [2.45, 2.75) is 72.5 Å². The van der Waals surface area contributed by atoms with Crippen molar-refractivity contribution in [2.75, 3.05) is 31.6 Å². The molecule has 9 nitrogen and oxygen atoms in total. The summed E-state index contributed by atoms with van der Waals surface area (Å²) in [4.78, 5) is 45.5. The van der Waals surface area contributed by atoms with Crippen molar-refractivity contribution in [1.29, 1.82) is 0 Å². The summed E-state index contributed by atoms with van der Waals surface area (Å²) in [5, 5.41) is 2.66. The number of halogens is 1. The molecule has 1 unspecified atom stereocenters. The topological polar surface area (TPSA) is 102 Å². The highest BCUT2D eigenvalue weighted by Crippen LogP contribution is 2.39. The van der Waals surface area contributed by atoms with Crippen LogP contribution in [0, 0.1) is 18.2 Å². The monoisotopic (exact) mass is 580 g/mol. The lowest BCUT2D eigenvalue weighted by Gasteiger charge is -2.40. The Labute approximate surface area is 246 Å². The average molecular weight is 581 g/mol. The van der Waals surface area contributed by atoms with Crippen molar-refractivity contribution in [3.05, 3.63) is 64.7 Å². The number of imidazole rings is 1. The average Bonchev–Trinajstić information content (AvgIpc) is 3.34. The summed E-state index contributed by atoms with van der Waals surface area (Å²) in [6.45, 7) is 13.4. The number of amides is 1. The van der Waals surface area contributed by atoms with Gasteiger partial charge in [0, 0.05) is 31.3 Å². The molecule has 2 aromatic heterocycles. The fourth-order valence-corrected chi connectivity index (χ4v) is 5.17. The van der Waals surface area contributed by atoms with Crippen LogP contribution >= 0.6 is 0 Å². The van der Waals surface area contributed by atoms with Crippen LogP contribution in [-0.4, -0.2) is 59.4 Å². The van der Waals surface area contributed by atoms with Crippen LogP contribution in [-0.2, 0) is 25.5 Å². The molecule has 226 valence electrons. The van der Waals surface area contributed by atoms with E-state index in [1.807, 2.05) is 38.2 Å². The van der Waals surface area contributed by atoms with Gasteiger partial charge in [0.15, 0.2) is 11.9 Å². The summed E-state index contributed by atoms with van der Waals surface area (Å²) in [6.07, 6.45) is 2.62. The number of pyridine rings is 1. The number of Topliss-reactive ketones (excluding diaryl/α,β-unsaturated/α-hetero) is 1. The number of piperidine rings is 1. The number of aryl methyl sites for hydroxylation is 1. The molecule has 0 saturated carbocycles. The number of benzene rings is 1. The van der Waals surface area contributed by atoms with Crippen molar-refractivity contribution in [2.24, 2.45) is 5.41 Å². The Hall–Kier alpha value is -3.79. The summed E-state index contributed by atoms with van der Waals surface area (Å²) in [5.74, 6) is -0.858. The minimum atomic E-state index is -0.993. The second kappa shape index (κ2) is 12.2. The van der Waals surface area contributed by atoms with Gasteiger partial charge in [0.2, 0.25) is 0 Å². The molecule has 1 aliphatic heterocycles. The number of aromatic nitrogens is 2. The molecule has 3 heterocycles. The molecule has 42 heavy (non-hydrogen) atoms. The van der Waals surface area contributed by atoms with Crippen molar-refractivity contribution in [3.63, 3.8) is 0 Å². The van der Waals surface area contributed by atoms with Gasteiger partial charge >= 0.3 is 5.97 Å². The maximum absolute atomic E-state index is 13.2. The molecule has 0 spiro atoms. The van der Waals surface area contributed by atoms with Crippen LogP contribution in [0.15, 0.2) is 36.5 Å². The number of carbonyl (C=O) groups is 3. The molecule has 1 amide bonds. The Bertz CT molecular complexity index is 1460. The standard InChI is InChI=1S/C32H41FN4O5/c1-20-16-25-35-24(28(39)34-18-23(38)17-21-8-10-22(33)11-9-21)19-37(25)29(36-14-12-32(5,6)13-15-36)26(20)27(30(40)41-7)42-31(2,3)4/h8-11,16,19,27H,12-15,17-18H2,1-7H3,(H,34,39). The number of anilines is 1. The third kappa shape index (κ3) is 7.34. The predicted octanol–water partition coefficient (Wildman–Crippen LogP) is 4.98. The van der Waals surface area contributed by atoms with Crippen LogP contribution < -0.4 is 10.2 Å². The molecule has 4 rings (SSSR count). The van der Waals surface area contributed by atoms with Gasteiger partial charge in [0.25, 0.3) is 5.91 Å². The van der Waals surface area contributed by atoms with Crippen LogP contribution in [0.4, 0.5) is 10.2 Å². The summed E-state index contributed by atoms with van der Waals surface area (Å²) in [5.41, 5.74) is 2.35. The van der Waals surface area contributed by atoms with E-state index < -0.39 is 23.6 Å². The lowest BCUT2D eigenvalue weighted by molar-refractivity contribution is -0.164. The van der Waals surface area contributed by atoms with Gasteiger partial charge in [-0.05, 0) is 75.3 Å². The molecule has 3 aromatic rings. The van der Waals surface area contributed by atoms with Crippen molar-refractivity contribution < 1.29 is 28.2 Å². The van der Waals surface area contributed by atoms with Gasteiger partial charge < -0.3 is 19.7 Å². The Balaban J connectivity index is 1.69. The van der Waals surface area contributed by atoms with E-state index in [9.17, 15) is 18.8 Å². The third-order valence-electron chi connectivity index (χ3n) is 7.53. The minimum Gasteiger partial charge on any atom is -0.467 e. The fourth-order valence-electron chi connectivity index (χ4n) is 5.17. The van der Waals surface area contributed by atoms with E-state index in [1.165, 1.54) is 19.2 Å². The van der Waals surface area contributed by atoms with E-state index in [-0.39, 0.29) is 35.7 Å². The predicted molar refractivity (Wildman–Crippen MR) is 158 cm³/mol. The highest BCUT2D eigenvalue weighted by atomic mass is 19.1. The molecule has 0 aliphatic carbocycles. The van der Waals surface area contributed by atoms with Gasteiger partial charge in [-0.25, -0.2) is 14.2 Å². The maximum atomic E-state index is 13.2. The molecule has 1 saturated heterocycles. The van der Waals surface area contributed by atoms with Gasteiger partial charge in [-0.15, -0.1) is 0 Å². The molecular formula is C32H41FN4O5. The second-order valence-corrected chi connectivity index (χ2v) is 12.7. The smallest absolute Gasteiger partial charge is 0.339 e. The molecule has 1 aromatic carbocycles. The van der Waals surface area contributed by atoms with E-state index in [4.69, 9.17) is 9.47 Å². The minimum absolute atomic E-state index is 0.0758. The zero-order valence-corrected chi connectivity index (χ0v) is 25.5. The van der Waals surface area contributed by atoms with Crippen molar-refractivity contribution >= 4 is 29.1 Å². The Morgan fingerprint density at radius 1 is 1.12 bits per heavy atom. The van der Waals surface area contributed by atoms with Gasteiger partial charge in [-0.1, -0.05) is 26.0 Å². The van der Waals surface area contributed by atoms with Crippen LogP contribution in [0.25, 0.3) is 5.65 Å². The van der Waals surface area contributed by atoms with Gasteiger partial charge in [-0.3, -0.25) is 14.0 Å². The summed E-state index contributed by atoms with van der Waals surface area (Å²) >= 11 is 0. The van der Waals surface area contributed by atoms with E-state index in [0.29, 0.717) is 16.8 Å². The normalized spacial score (nSPS) is 15.9. The first kappa shape index (κ1) is 31.2. The molecule has 0 radical (unpaired) electrons. The zero-order valence-electron chi connectivity index (χ0n) is 25.5. The van der Waals surface area contributed by atoms with Gasteiger partial charge in [0.05, 0.1) is 19.3 Å². The Morgan fingerprint density at radius 2 is 1.76 bits per heavy atom. The fraction of sp³-hybridized carbons (Fsp3) is 0.500. The van der Waals surface area contributed by atoms with E-state index >= 15 is 0 Å². The number of esters is 1. The first-order chi connectivity index (χ1) is 19.7. The summed E-state index contributed by atoms with van der Waals surface area (Å²) in [7, 11) is 1.34. The number of rotatable bonds is 9. The van der Waals surface area contributed by atoms with Crippen molar-refractivity contribution in [1.82, 2.24) is 14.7 Å². The van der Waals surface area contributed by atoms with Crippen LogP contribution in [0.3, 0.4) is 0 Å². The lowest BCUT2D eigenvalue weighted by Crippen LogP contribution is -2.40. The molecule has 0 bridgehead atoms. The summed E-state index contributed by atoms with van der Waals surface area (Å²) in [6, 6.07) is 7.51. The number of hydrogen-bond donors (Lipinski definition) is 1. The first-order valence-electron chi connectivity index (χ1n) is 14.2. The number of carbonyl (C=O) groups excluding carboxylic acids is 3. The lowest BCUT2D eigenvalue weighted by atomic mass is 9.82. The Kier molecular flexibility index (Phi) is 9.06. The molecule has 10 heteroatoms. The molecule has 1 aliphatic rings. The quantitative estimate of drug-likeness (QED) is 0.356. The molecule has 1 fully saturated rings.